The van der Waals surface area contributed by atoms with E-state index in [9.17, 15) is 4.79 Å². The first kappa shape index (κ1) is 16.7. The number of amides is 2. The van der Waals surface area contributed by atoms with Crippen LogP contribution in [0, 0.1) is 0 Å². The topological polar surface area (TPSA) is 83.3 Å². The Balaban J connectivity index is 1.83. The molecule has 1 aromatic heterocycles. The largest absolute Gasteiger partial charge is 0.395 e. The Bertz CT molecular complexity index is 468. The molecular formula is C15H27N5O2. The SMILES string of the molecule is CCCN(CCO)C(=O)NCCc1nnc2n1CCCCC2. The summed E-state index contributed by atoms with van der Waals surface area (Å²) in [5.41, 5.74) is 0. The molecule has 0 bridgehead atoms. The first-order valence-electron chi connectivity index (χ1n) is 8.30. The van der Waals surface area contributed by atoms with Gasteiger partial charge in [-0.2, -0.15) is 0 Å². The molecule has 0 spiro atoms. The fourth-order valence-corrected chi connectivity index (χ4v) is 2.83. The van der Waals surface area contributed by atoms with Crippen LogP contribution in [0.2, 0.25) is 0 Å². The van der Waals surface area contributed by atoms with Gasteiger partial charge in [-0.05, 0) is 19.3 Å². The lowest BCUT2D eigenvalue weighted by molar-refractivity contribution is 0.177. The highest BCUT2D eigenvalue weighted by Crippen LogP contribution is 2.14. The zero-order chi connectivity index (χ0) is 15.8. The van der Waals surface area contributed by atoms with E-state index in [1.807, 2.05) is 6.92 Å². The average molecular weight is 309 g/mol. The minimum absolute atomic E-state index is 0.00882. The summed E-state index contributed by atoms with van der Waals surface area (Å²) in [6.45, 7) is 4.57. The van der Waals surface area contributed by atoms with Gasteiger partial charge in [0.25, 0.3) is 0 Å². The summed E-state index contributed by atoms with van der Waals surface area (Å²) >= 11 is 0. The number of fused-ring (bicyclic) bond motifs is 1. The maximum Gasteiger partial charge on any atom is 0.317 e. The van der Waals surface area contributed by atoms with Crippen LogP contribution in [0.4, 0.5) is 4.79 Å². The molecule has 1 aliphatic heterocycles. The number of carbonyl (C=O) groups excluding carboxylic acids is 1. The third-order valence-electron chi connectivity index (χ3n) is 3.96. The van der Waals surface area contributed by atoms with E-state index in [0.29, 0.717) is 26.1 Å². The lowest BCUT2D eigenvalue weighted by atomic mass is 10.2. The van der Waals surface area contributed by atoms with E-state index in [0.717, 1.165) is 31.0 Å². The first-order valence-corrected chi connectivity index (χ1v) is 8.30. The second-order valence-corrected chi connectivity index (χ2v) is 5.69. The molecule has 0 radical (unpaired) electrons. The number of hydrogen-bond acceptors (Lipinski definition) is 4. The molecule has 2 rings (SSSR count). The highest BCUT2D eigenvalue weighted by molar-refractivity contribution is 5.74. The minimum Gasteiger partial charge on any atom is -0.395 e. The van der Waals surface area contributed by atoms with Crippen molar-refractivity contribution in [3.63, 3.8) is 0 Å². The molecule has 0 saturated heterocycles. The monoisotopic (exact) mass is 309 g/mol. The average Bonchev–Trinajstić information content (AvgIpc) is 2.74. The maximum atomic E-state index is 12.1. The Labute approximate surface area is 131 Å². The van der Waals surface area contributed by atoms with Gasteiger partial charge in [0.2, 0.25) is 0 Å². The molecule has 0 unspecified atom stereocenters. The molecule has 22 heavy (non-hydrogen) atoms. The van der Waals surface area contributed by atoms with E-state index in [1.54, 1.807) is 4.90 Å². The van der Waals surface area contributed by atoms with Crippen molar-refractivity contribution in [3.8, 4) is 0 Å². The van der Waals surface area contributed by atoms with Crippen LogP contribution in [-0.4, -0.2) is 57.0 Å². The molecule has 1 aromatic rings. The van der Waals surface area contributed by atoms with Crippen LogP contribution in [0.1, 0.15) is 44.3 Å². The van der Waals surface area contributed by atoms with Crippen LogP contribution in [-0.2, 0) is 19.4 Å². The third-order valence-corrected chi connectivity index (χ3v) is 3.96. The lowest BCUT2D eigenvalue weighted by Gasteiger charge is -2.21. The maximum absolute atomic E-state index is 12.1. The predicted molar refractivity (Wildman–Crippen MR) is 83.6 cm³/mol. The molecule has 7 heteroatoms. The minimum atomic E-state index is -0.119. The molecule has 0 aliphatic carbocycles. The molecule has 0 atom stereocenters. The van der Waals surface area contributed by atoms with Crippen molar-refractivity contribution >= 4 is 6.03 Å². The third kappa shape index (κ3) is 4.43. The standard InChI is InChI=1S/C15H27N5O2/c1-2-9-19(11-12-21)15(22)16-8-7-14-18-17-13-6-4-3-5-10-20(13)14/h21H,2-12H2,1H3,(H,16,22). The number of rotatable bonds is 7. The lowest BCUT2D eigenvalue weighted by Crippen LogP contribution is -2.42. The van der Waals surface area contributed by atoms with Crippen molar-refractivity contribution in [1.82, 2.24) is 25.0 Å². The molecule has 124 valence electrons. The second kappa shape index (κ2) is 8.73. The zero-order valence-corrected chi connectivity index (χ0v) is 13.4. The number of nitrogens with one attached hydrogen (secondary N) is 1. The van der Waals surface area contributed by atoms with Gasteiger partial charge in [-0.1, -0.05) is 13.3 Å². The van der Waals surface area contributed by atoms with Crippen LogP contribution in [0.3, 0.4) is 0 Å². The van der Waals surface area contributed by atoms with Crippen LogP contribution < -0.4 is 5.32 Å². The summed E-state index contributed by atoms with van der Waals surface area (Å²) in [7, 11) is 0. The summed E-state index contributed by atoms with van der Waals surface area (Å²) in [6.07, 6.45) is 6.17. The summed E-state index contributed by atoms with van der Waals surface area (Å²) in [5, 5.41) is 20.4. The molecule has 2 heterocycles. The molecular weight excluding hydrogens is 282 g/mol. The Morgan fingerprint density at radius 1 is 1.32 bits per heavy atom. The van der Waals surface area contributed by atoms with E-state index >= 15 is 0 Å². The molecule has 7 nitrogen and oxygen atoms in total. The Kier molecular flexibility index (Phi) is 6.64. The van der Waals surface area contributed by atoms with Gasteiger partial charge in [-0.25, -0.2) is 4.79 Å². The van der Waals surface area contributed by atoms with E-state index < -0.39 is 0 Å². The van der Waals surface area contributed by atoms with E-state index in [4.69, 9.17) is 5.11 Å². The smallest absolute Gasteiger partial charge is 0.317 e. The molecule has 0 saturated carbocycles. The fraction of sp³-hybridized carbons (Fsp3) is 0.800. The van der Waals surface area contributed by atoms with Gasteiger partial charge in [0, 0.05) is 39.0 Å². The van der Waals surface area contributed by atoms with Crippen LogP contribution in [0.5, 0.6) is 0 Å². The summed E-state index contributed by atoms with van der Waals surface area (Å²) in [6, 6.07) is -0.119. The summed E-state index contributed by atoms with van der Waals surface area (Å²) in [4.78, 5) is 13.7. The van der Waals surface area contributed by atoms with E-state index in [1.165, 1.54) is 19.3 Å². The molecule has 1 aliphatic rings. The molecule has 0 aromatic carbocycles. The first-order chi connectivity index (χ1) is 10.8. The quantitative estimate of drug-likeness (QED) is 0.786. The van der Waals surface area contributed by atoms with Gasteiger partial charge in [0.15, 0.2) is 0 Å². The van der Waals surface area contributed by atoms with Crippen LogP contribution in [0.15, 0.2) is 0 Å². The highest BCUT2D eigenvalue weighted by Gasteiger charge is 2.15. The number of hydrogen-bond donors (Lipinski definition) is 2. The van der Waals surface area contributed by atoms with Crippen LogP contribution in [0.25, 0.3) is 0 Å². The number of aliphatic hydroxyl groups is 1. The molecule has 2 N–H and O–H groups in total. The molecule has 0 fully saturated rings. The molecule has 2 amide bonds. The Morgan fingerprint density at radius 2 is 2.18 bits per heavy atom. The van der Waals surface area contributed by atoms with E-state index in [-0.39, 0.29) is 12.6 Å². The zero-order valence-electron chi connectivity index (χ0n) is 13.4. The predicted octanol–water partition coefficient (Wildman–Crippen LogP) is 0.961. The second-order valence-electron chi connectivity index (χ2n) is 5.69. The van der Waals surface area contributed by atoms with Gasteiger partial charge < -0.3 is 19.9 Å². The van der Waals surface area contributed by atoms with Crippen LogP contribution >= 0.6 is 0 Å². The fourth-order valence-electron chi connectivity index (χ4n) is 2.83. The van der Waals surface area contributed by atoms with Gasteiger partial charge >= 0.3 is 6.03 Å². The van der Waals surface area contributed by atoms with Crippen molar-refractivity contribution in [3.05, 3.63) is 11.6 Å². The number of nitrogens with zero attached hydrogens (tertiary/aromatic N) is 4. The van der Waals surface area contributed by atoms with Gasteiger partial charge in [0.05, 0.1) is 6.61 Å². The van der Waals surface area contributed by atoms with Gasteiger partial charge in [-0.15, -0.1) is 10.2 Å². The number of aliphatic hydroxyl groups excluding tert-OH is 1. The van der Waals surface area contributed by atoms with Crippen molar-refractivity contribution in [2.45, 2.75) is 52.0 Å². The number of urea groups is 1. The van der Waals surface area contributed by atoms with Crippen molar-refractivity contribution in [2.24, 2.45) is 0 Å². The van der Waals surface area contributed by atoms with Gasteiger partial charge in [0.1, 0.15) is 11.6 Å². The Hall–Kier alpha value is -1.63. The highest BCUT2D eigenvalue weighted by atomic mass is 16.3. The number of aromatic nitrogens is 3. The summed E-state index contributed by atoms with van der Waals surface area (Å²) < 4.78 is 2.21. The van der Waals surface area contributed by atoms with Crippen molar-refractivity contribution in [1.29, 1.82) is 0 Å². The summed E-state index contributed by atoms with van der Waals surface area (Å²) in [5.74, 6) is 2.04. The number of carbonyl (C=O) groups is 1. The van der Waals surface area contributed by atoms with Crippen molar-refractivity contribution < 1.29 is 9.90 Å². The van der Waals surface area contributed by atoms with Gasteiger partial charge in [-0.3, -0.25) is 0 Å². The number of aryl methyl sites for hydroxylation is 1. The van der Waals surface area contributed by atoms with E-state index in [2.05, 4.69) is 20.1 Å². The normalized spacial score (nSPS) is 14.3. The Morgan fingerprint density at radius 3 is 2.95 bits per heavy atom. The van der Waals surface area contributed by atoms with Crippen molar-refractivity contribution in [2.75, 3.05) is 26.2 Å².